The van der Waals surface area contributed by atoms with E-state index in [0.717, 1.165) is 24.2 Å². The normalized spacial score (nSPS) is 10.6. The molecule has 10 heteroatoms. The second kappa shape index (κ2) is 10.6. The number of carboxylic acids is 1. The number of rotatable bonds is 6. The van der Waals surface area contributed by atoms with E-state index >= 15 is 0 Å². The summed E-state index contributed by atoms with van der Waals surface area (Å²) in [6, 6.07) is 10.6. The van der Waals surface area contributed by atoms with Crippen molar-refractivity contribution in [2.24, 2.45) is 5.73 Å². The number of nitrogens with zero attached hydrogens (tertiary/aromatic N) is 2. The number of carbonyl (C=O) groups excluding carboxylic acids is 1. The molecular weight excluding hydrogens is 440 g/mol. The summed E-state index contributed by atoms with van der Waals surface area (Å²) in [7, 11) is 2.91. The van der Waals surface area contributed by atoms with Crippen LogP contribution in [0.1, 0.15) is 23.7 Å². The smallest absolute Gasteiger partial charge is 0.337 e. The molecule has 0 saturated heterocycles. The molecule has 0 aliphatic rings. The highest BCUT2D eigenvalue weighted by atomic mass is 16.5. The van der Waals surface area contributed by atoms with Crippen molar-refractivity contribution in [2.45, 2.75) is 19.9 Å². The summed E-state index contributed by atoms with van der Waals surface area (Å²) in [6.45, 7) is 2.31. The van der Waals surface area contributed by atoms with Gasteiger partial charge in [-0.05, 0) is 43.3 Å². The van der Waals surface area contributed by atoms with Crippen molar-refractivity contribution in [3.8, 4) is 17.0 Å². The maximum Gasteiger partial charge on any atom is 0.337 e. The number of methoxy groups -OCH3 is 2. The molecule has 4 aromatic rings. The number of nitrogens with two attached hydrogens (primary N) is 1. The summed E-state index contributed by atoms with van der Waals surface area (Å²) < 4.78 is 12.1. The number of aliphatic carboxylic acids is 1. The molecule has 10 nitrogen and oxygen atoms in total. The average Bonchev–Trinajstić information content (AvgIpc) is 3.18. The van der Waals surface area contributed by atoms with Crippen molar-refractivity contribution in [1.82, 2.24) is 14.5 Å². The van der Waals surface area contributed by atoms with Crippen LogP contribution in [0.25, 0.3) is 33.2 Å². The molecule has 2 aromatic heterocycles. The van der Waals surface area contributed by atoms with Gasteiger partial charge in [0.25, 0.3) is 11.5 Å². The molecule has 0 spiro atoms. The van der Waals surface area contributed by atoms with Gasteiger partial charge in [0, 0.05) is 42.2 Å². The number of aromatic amines is 1. The molecule has 0 unspecified atom stereocenters. The van der Waals surface area contributed by atoms with Crippen molar-refractivity contribution in [2.75, 3.05) is 20.8 Å². The van der Waals surface area contributed by atoms with E-state index in [1.807, 2.05) is 16.8 Å². The van der Waals surface area contributed by atoms with Crippen molar-refractivity contribution < 1.29 is 24.2 Å². The third-order valence-electron chi connectivity index (χ3n) is 5.06. The molecule has 0 saturated carbocycles. The van der Waals surface area contributed by atoms with E-state index in [4.69, 9.17) is 25.1 Å². The summed E-state index contributed by atoms with van der Waals surface area (Å²) in [5.74, 6) is -0.631. The zero-order valence-corrected chi connectivity index (χ0v) is 19.1. The van der Waals surface area contributed by atoms with Gasteiger partial charge in [0.15, 0.2) is 0 Å². The molecule has 0 aliphatic carbocycles. The van der Waals surface area contributed by atoms with Crippen LogP contribution in [-0.4, -0.2) is 52.3 Å². The number of aromatic nitrogens is 3. The molecule has 0 radical (unpaired) electrons. The van der Waals surface area contributed by atoms with Crippen LogP contribution >= 0.6 is 0 Å². The number of esters is 1. The van der Waals surface area contributed by atoms with Crippen LogP contribution in [0.15, 0.2) is 47.4 Å². The Morgan fingerprint density at radius 1 is 1.18 bits per heavy atom. The van der Waals surface area contributed by atoms with Crippen LogP contribution < -0.4 is 16.0 Å². The molecule has 178 valence electrons. The Labute approximate surface area is 194 Å². The van der Waals surface area contributed by atoms with Gasteiger partial charge in [-0.15, -0.1) is 0 Å². The van der Waals surface area contributed by atoms with Gasteiger partial charge in [0.05, 0.1) is 30.8 Å². The van der Waals surface area contributed by atoms with Crippen molar-refractivity contribution in [3.63, 3.8) is 0 Å². The summed E-state index contributed by atoms with van der Waals surface area (Å²) in [6.07, 6.45) is 2.66. The number of hydrogen-bond donors (Lipinski definition) is 3. The van der Waals surface area contributed by atoms with Gasteiger partial charge in [-0.2, -0.15) is 0 Å². The molecular formula is C24H26N4O6. The van der Waals surface area contributed by atoms with E-state index in [0.29, 0.717) is 41.0 Å². The topological polar surface area (TPSA) is 150 Å². The van der Waals surface area contributed by atoms with Gasteiger partial charge in [-0.3, -0.25) is 9.59 Å². The number of hydrogen-bond acceptors (Lipinski definition) is 7. The number of fused-ring (bicyclic) bond motifs is 2. The van der Waals surface area contributed by atoms with Gasteiger partial charge in [-0.1, -0.05) is 0 Å². The molecule has 0 amide bonds. The summed E-state index contributed by atoms with van der Waals surface area (Å²) >= 11 is 0. The number of ether oxygens (including phenoxy) is 2. The molecule has 0 fully saturated rings. The highest BCUT2D eigenvalue weighted by molar-refractivity contribution is 6.01. The minimum atomic E-state index is -0.833. The molecule has 4 N–H and O–H groups in total. The minimum absolute atomic E-state index is 0.272. The summed E-state index contributed by atoms with van der Waals surface area (Å²) in [5.41, 5.74) is 8.80. The van der Waals surface area contributed by atoms with Crippen LogP contribution in [0.4, 0.5) is 0 Å². The molecule has 2 aromatic carbocycles. The molecule has 34 heavy (non-hydrogen) atoms. The lowest BCUT2D eigenvalue weighted by Crippen LogP contribution is -2.11. The Kier molecular flexibility index (Phi) is 7.64. The SMILES string of the molecule is CC(=O)O.COC(=O)c1ccc2c(c1)c(-c1nc3cc(OC)ccc3[nH]c1=O)cn2CCCN. The highest BCUT2D eigenvalue weighted by Crippen LogP contribution is 2.30. The van der Waals surface area contributed by atoms with E-state index in [2.05, 4.69) is 9.97 Å². The second-order valence-corrected chi connectivity index (χ2v) is 7.42. The average molecular weight is 466 g/mol. The highest BCUT2D eigenvalue weighted by Gasteiger charge is 2.18. The fourth-order valence-corrected chi connectivity index (χ4v) is 3.55. The van der Waals surface area contributed by atoms with Gasteiger partial charge in [0.2, 0.25) is 0 Å². The lowest BCUT2D eigenvalue weighted by molar-refractivity contribution is -0.134. The standard InChI is InChI=1S/C22H22N4O4.C2H4O2/c1-29-14-5-6-17-18(11-14)24-20(21(27)25-17)16-12-26(9-3-8-23)19-7-4-13(10-15(16)19)22(28)30-2;1-2(3)4/h4-7,10-12H,3,8-9,23H2,1-2H3,(H,25,27);1H3,(H,3,4). The number of aryl methyl sites for hydroxylation is 1. The third kappa shape index (κ3) is 5.24. The van der Waals surface area contributed by atoms with Crippen LogP contribution in [0.3, 0.4) is 0 Å². The Bertz CT molecular complexity index is 1400. The van der Waals surface area contributed by atoms with Crippen molar-refractivity contribution in [1.29, 1.82) is 0 Å². The van der Waals surface area contributed by atoms with Crippen LogP contribution in [-0.2, 0) is 16.1 Å². The Morgan fingerprint density at radius 3 is 2.56 bits per heavy atom. The maximum absolute atomic E-state index is 12.9. The number of carboxylic acid groups (broad SMARTS) is 1. The van der Waals surface area contributed by atoms with E-state index in [1.165, 1.54) is 7.11 Å². The van der Waals surface area contributed by atoms with Crippen LogP contribution in [0.2, 0.25) is 0 Å². The summed E-state index contributed by atoms with van der Waals surface area (Å²) in [5, 5.41) is 8.16. The van der Waals surface area contributed by atoms with Crippen molar-refractivity contribution >= 4 is 33.9 Å². The number of nitrogens with one attached hydrogen (secondary N) is 1. The first-order valence-electron chi connectivity index (χ1n) is 10.5. The predicted molar refractivity (Wildman–Crippen MR) is 128 cm³/mol. The first-order chi connectivity index (χ1) is 16.3. The predicted octanol–water partition coefficient (Wildman–Crippen LogP) is 2.78. The minimum Gasteiger partial charge on any atom is -0.497 e. The van der Waals surface area contributed by atoms with E-state index in [-0.39, 0.29) is 11.3 Å². The quantitative estimate of drug-likeness (QED) is 0.367. The van der Waals surface area contributed by atoms with Crippen LogP contribution in [0.5, 0.6) is 5.75 Å². The molecule has 0 bridgehead atoms. The third-order valence-corrected chi connectivity index (χ3v) is 5.06. The number of benzene rings is 2. The Morgan fingerprint density at radius 2 is 1.91 bits per heavy atom. The summed E-state index contributed by atoms with van der Waals surface area (Å²) in [4.78, 5) is 41.4. The van der Waals surface area contributed by atoms with Gasteiger partial charge >= 0.3 is 5.97 Å². The lowest BCUT2D eigenvalue weighted by Gasteiger charge is -2.05. The maximum atomic E-state index is 12.9. The van der Waals surface area contributed by atoms with E-state index in [1.54, 1.807) is 37.4 Å². The van der Waals surface area contributed by atoms with Gasteiger partial charge < -0.3 is 29.9 Å². The fraction of sp³-hybridized carbons (Fsp3) is 0.250. The first kappa shape index (κ1) is 24.5. The van der Waals surface area contributed by atoms with Gasteiger partial charge in [-0.25, -0.2) is 9.78 Å². The van der Waals surface area contributed by atoms with Crippen molar-refractivity contribution in [3.05, 3.63) is 58.5 Å². The molecule has 0 atom stereocenters. The fourth-order valence-electron chi connectivity index (χ4n) is 3.55. The largest absolute Gasteiger partial charge is 0.497 e. The number of H-pyrrole nitrogens is 1. The molecule has 0 aliphatic heterocycles. The zero-order chi connectivity index (χ0) is 24.8. The lowest BCUT2D eigenvalue weighted by atomic mass is 10.1. The van der Waals surface area contributed by atoms with Gasteiger partial charge in [0.1, 0.15) is 11.4 Å². The van der Waals surface area contributed by atoms with E-state index < -0.39 is 11.9 Å². The first-order valence-corrected chi connectivity index (χ1v) is 10.5. The number of carbonyl (C=O) groups is 2. The molecule has 4 rings (SSSR count). The monoisotopic (exact) mass is 466 g/mol. The molecule has 2 heterocycles. The van der Waals surface area contributed by atoms with E-state index in [9.17, 15) is 9.59 Å². The Hall–Kier alpha value is -4.18. The van der Waals surface area contributed by atoms with Crippen LogP contribution in [0, 0.1) is 0 Å². The Balaban J connectivity index is 0.000000751. The zero-order valence-electron chi connectivity index (χ0n) is 19.1. The second-order valence-electron chi connectivity index (χ2n) is 7.42.